The van der Waals surface area contributed by atoms with Crippen molar-refractivity contribution in [1.82, 2.24) is 20.1 Å². The summed E-state index contributed by atoms with van der Waals surface area (Å²) in [4.78, 5) is 18.5. The number of carbonyl (C=O) groups is 1. The van der Waals surface area contributed by atoms with E-state index in [0.29, 0.717) is 26.1 Å². The average Bonchev–Trinajstić information content (AvgIpc) is 3.26. The summed E-state index contributed by atoms with van der Waals surface area (Å²) in [6, 6.07) is 8.07. The van der Waals surface area contributed by atoms with Crippen molar-refractivity contribution in [1.29, 1.82) is 0 Å². The minimum absolute atomic E-state index is 0.0759. The number of aromatic amines is 1. The van der Waals surface area contributed by atoms with Crippen LogP contribution in [0.2, 0.25) is 0 Å². The smallest absolute Gasteiger partial charge is 0.152 e. The van der Waals surface area contributed by atoms with Gasteiger partial charge in [0.1, 0.15) is 6.17 Å². The first kappa shape index (κ1) is 15.9. The summed E-state index contributed by atoms with van der Waals surface area (Å²) in [5, 5.41) is 8.86. The van der Waals surface area contributed by atoms with Crippen molar-refractivity contribution in [2.75, 3.05) is 19.6 Å². The maximum atomic E-state index is 13.2. The third-order valence-electron chi connectivity index (χ3n) is 4.60. The Kier molecular flexibility index (Phi) is 4.28. The summed E-state index contributed by atoms with van der Waals surface area (Å²) < 4.78 is 13.2. The lowest BCUT2D eigenvalue weighted by Crippen LogP contribution is -2.29. The summed E-state index contributed by atoms with van der Waals surface area (Å²) in [5.41, 5.74) is 2.83. The van der Waals surface area contributed by atoms with Gasteiger partial charge in [-0.3, -0.25) is 19.8 Å². The second-order valence-electron chi connectivity index (χ2n) is 6.56. The molecule has 2 aromatic heterocycles. The summed E-state index contributed by atoms with van der Waals surface area (Å²) in [5.74, 6) is 0.0759. The molecule has 6 heteroatoms. The molecule has 3 heterocycles. The standard InChI is InChI=1S/C19H19FN4O/c20-17-3-4-24(11-17)12-19(25)7-18-6-15-5-13(16-9-22-23-10-16)1-2-14(15)8-21-18/h1-2,5-6,8-10,17H,3-4,7,11-12H2,(H,22,23)/t17-/m0/s1. The number of aromatic nitrogens is 3. The Morgan fingerprint density at radius 2 is 2.16 bits per heavy atom. The SMILES string of the molecule is O=C(Cc1cc2cc(-c3cn[nH]c3)ccc2cn1)CN1CC[C@H](F)C1. The Morgan fingerprint density at radius 3 is 2.92 bits per heavy atom. The first-order valence-electron chi connectivity index (χ1n) is 8.43. The van der Waals surface area contributed by atoms with Crippen molar-refractivity contribution in [3.63, 3.8) is 0 Å². The number of Topliss-reactive ketones (excluding diaryl/α,β-unsaturated/α-hetero) is 1. The van der Waals surface area contributed by atoms with Crippen molar-refractivity contribution in [3.8, 4) is 11.1 Å². The van der Waals surface area contributed by atoms with Gasteiger partial charge in [-0.1, -0.05) is 12.1 Å². The molecule has 5 nitrogen and oxygen atoms in total. The lowest BCUT2D eigenvalue weighted by molar-refractivity contribution is -0.119. The highest BCUT2D eigenvalue weighted by atomic mass is 19.1. The Morgan fingerprint density at radius 1 is 1.24 bits per heavy atom. The van der Waals surface area contributed by atoms with E-state index in [1.807, 2.05) is 29.3 Å². The molecule has 128 valence electrons. The molecule has 1 aromatic carbocycles. The van der Waals surface area contributed by atoms with Crippen molar-refractivity contribution in [3.05, 3.63) is 48.5 Å². The van der Waals surface area contributed by atoms with Crippen LogP contribution >= 0.6 is 0 Å². The van der Waals surface area contributed by atoms with Crippen LogP contribution < -0.4 is 0 Å². The number of hydrogen-bond acceptors (Lipinski definition) is 4. The van der Waals surface area contributed by atoms with Gasteiger partial charge in [-0.2, -0.15) is 5.10 Å². The van der Waals surface area contributed by atoms with Gasteiger partial charge in [0.05, 0.1) is 19.2 Å². The number of hydrogen-bond donors (Lipinski definition) is 1. The fourth-order valence-corrected chi connectivity index (χ4v) is 3.31. The maximum Gasteiger partial charge on any atom is 0.152 e. The number of rotatable bonds is 5. The van der Waals surface area contributed by atoms with Gasteiger partial charge in [-0.25, -0.2) is 4.39 Å². The third kappa shape index (κ3) is 3.58. The molecule has 1 fully saturated rings. The van der Waals surface area contributed by atoms with Crippen LogP contribution in [0.3, 0.4) is 0 Å². The molecule has 0 amide bonds. The number of alkyl halides is 1. The number of nitrogens with zero attached hydrogens (tertiary/aromatic N) is 3. The minimum atomic E-state index is -0.798. The lowest BCUT2D eigenvalue weighted by Gasteiger charge is -2.13. The van der Waals surface area contributed by atoms with E-state index in [4.69, 9.17) is 0 Å². The van der Waals surface area contributed by atoms with E-state index in [9.17, 15) is 9.18 Å². The monoisotopic (exact) mass is 338 g/mol. The van der Waals surface area contributed by atoms with E-state index < -0.39 is 6.17 Å². The Hall–Kier alpha value is -2.60. The predicted molar refractivity (Wildman–Crippen MR) is 94.0 cm³/mol. The molecule has 25 heavy (non-hydrogen) atoms. The zero-order valence-electron chi connectivity index (χ0n) is 13.8. The van der Waals surface area contributed by atoms with Gasteiger partial charge in [0, 0.05) is 42.1 Å². The molecule has 0 bridgehead atoms. The number of pyridine rings is 1. The summed E-state index contributed by atoms with van der Waals surface area (Å²) >= 11 is 0. The number of halogens is 1. The van der Waals surface area contributed by atoms with Crippen molar-refractivity contribution < 1.29 is 9.18 Å². The van der Waals surface area contributed by atoms with Crippen LogP contribution in [0.25, 0.3) is 21.9 Å². The van der Waals surface area contributed by atoms with E-state index in [1.54, 1.807) is 12.4 Å². The van der Waals surface area contributed by atoms with E-state index in [1.165, 1.54) is 0 Å². The highest BCUT2D eigenvalue weighted by Gasteiger charge is 2.23. The van der Waals surface area contributed by atoms with E-state index in [-0.39, 0.29) is 12.2 Å². The highest BCUT2D eigenvalue weighted by Crippen LogP contribution is 2.24. The van der Waals surface area contributed by atoms with Gasteiger partial charge >= 0.3 is 0 Å². The number of benzene rings is 1. The van der Waals surface area contributed by atoms with E-state index in [2.05, 4.69) is 21.2 Å². The maximum absolute atomic E-state index is 13.2. The molecule has 1 aliphatic heterocycles. The Bertz CT molecular complexity index is 894. The predicted octanol–water partition coefficient (Wildman–Crippen LogP) is 2.78. The molecule has 0 saturated carbocycles. The van der Waals surface area contributed by atoms with Crippen LogP contribution in [-0.2, 0) is 11.2 Å². The number of likely N-dealkylation sites (tertiary alicyclic amines) is 1. The third-order valence-corrected chi connectivity index (χ3v) is 4.60. The normalized spacial score (nSPS) is 18.0. The molecule has 0 radical (unpaired) electrons. The summed E-state index contributed by atoms with van der Waals surface area (Å²) in [6.45, 7) is 1.33. The van der Waals surface area contributed by atoms with E-state index in [0.717, 1.165) is 27.6 Å². The van der Waals surface area contributed by atoms with Crippen molar-refractivity contribution in [2.45, 2.75) is 19.0 Å². The molecule has 1 saturated heterocycles. The molecule has 4 rings (SSSR count). The molecular formula is C19H19FN4O. The average molecular weight is 338 g/mol. The zero-order valence-corrected chi connectivity index (χ0v) is 13.8. The molecule has 1 aliphatic rings. The molecular weight excluding hydrogens is 319 g/mol. The van der Waals surface area contributed by atoms with Crippen molar-refractivity contribution in [2.24, 2.45) is 0 Å². The molecule has 0 unspecified atom stereocenters. The second-order valence-corrected chi connectivity index (χ2v) is 6.56. The van der Waals surface area contributed by atoms with Crippen LogP contribution in [0.4, 0.5) is 4.39 Å². The molecule has 1 N–H and O–H groups in total. The van der Waals surface area contributed by atoms with Gasteiger partial charge < -0.3 is 0 Å². The van der Waals surface area contributed by atoms with Gasteiger partial charge in [0.2, 0.25) is 0 Å². The first-order valence-corrected chi connectivity index (χ1v) is 8.43. The first-order chi connectivity index (χ1) is 12.2. The quantitative estimate of drug-likeness (QED) is 0.777. The second kappa shape index (κ2) is 6.72. The number of nitrogens with one attached hydrogen (secondary N) is 1. The number of carbonyl (C=O) groups excluding carboxylic acids is 1. The zero-order chi connectivity index (χ0) is 17.2. The Balaban J connectivity index is 1.50. The van der Waals surface area contributed by atoms with E-state index >= 15 is 0 Å². The van der Waals surface area contributed by atoms with Crippen LogP contribution in [0.15, 0.2) is 42.9 Å². The van der Waals surface area contributed by atoms with Gasteiger partial charge in [0.15, 0.2) is 5.78 Å². The molecule has 0 spiro atoms. The van der Waals surface area contributed by atoms with Crippen LogP contribution in [-0.4, -0.2) is 51.7 Å². The van der Waals surface area contributed by atoms with Crippen LogP contribution in [0.1, 0.15) is 12.1 Å². The van der Waals surface area contributed by atoms with Gasteiger partial charge in [-0.15, -0.1) is 0 Å². The number of fused-ring (bicyclic) bond motifs is 1. The fourth-order valence-electron chi connectivity index (χ4n) is 3.31. The lowest BCUT2D eigenvalue weighted by atomic mass is 10.0. The summed E-state index contributed by atoms with van der Waals surface area (Å²) in [6.07, 6.45) is 5.43. The van der Waals surface area contributed by atoms with Crippen molar-refractivity contribution >= 4 is 16.6 Å². The van der Waals surface area contributed by atoms with Crippen LogP contribution in [0.5, 0.6) is 0 Å². The minimum Gasteiger partial charge on any atom is -0.298 e. The van der Waals surface area contributed by atoms with Crippen LogP contribution in [0, 0.1) is 0 Å². The number of H-pyrrole nitrogens is 1. The van der Waals surface area contributed by atoms with Gasteiger partial charge in [0.25, 0.3) is 0 Å². The topological polar surface area (TPSA) is 61.9 Å². The molecule has 1 atom stereocenters. The Labute approximate surface area is 144 Å². The fraction of sp³-hybridized carbons (Fsp3) is 0.316. The largest absolute Gasteiger partial charge is 0.298 e. The highest BCUT2D eigenvalue weighted by molar-refractivity contribution is 5.88. The molecule has 3 aromatic rings. The summed E-state index contributed by atoms with van der Waals surface area (Å²) in [7, 11) is 0. The van der Waals surface area contributed by atoms with Gasteiger partial charge in [-0.05, 0) is 29.5 Å². The number of ketones is 1. The molecule has 0 aliphatic carbocycles.